The average Bonchev–Trinajstić information content (AvgIpc) is 2.58. The van der Waals surface area contributed by atoms with Crippen LogP contribution in [0.15, 0.2) is 61.2 Å². The number of benzene rings is 2. The molecule has 0 spiro atoms. The Balaban J connectivity index is 2.06. The van der Waals surface area contributed by atoms with Crippen LogP contribution in [0.5, 0.6) is 0 Å². The Hall–Kier alpha value is -2.08. The summed E-state index contributed by atoms with van der Waals surface area (Å²) in [7, 11) is 0. The Kier molecular flexibility index (Phi) is 7.73. The molecule has 134 valence electrons. The molecule has 5 heteroatoms. The molecule has 0 unspecified atom stereocenters. The first kappa shape index (κ1) is 19.2. The van der Waals surface area contributed by atoms with Gasteiger partial charge in [0.2, 0.25) is 0 Å². The Bertz CT molecular complexity index is 664. The summed E-state index contributed by atoms with van der Waals surface area (Å²) in [6.45, 7) is 5.20. The summed E-state index contributed by atoms with van der Waals surface area (Å²) < 4.78 is 32.3. The van der Waals surface area contributed by atoms with Crippen LogP contribution in [0.1, 0.15) is 11.1 Å². The molecule has 0 saturated carbocycles. The summed E-state index contributed by atoms with van der Waals surface area (Å²) in [6, 6.07) is 13.3. The molecule has 0 aliphatic heterocycles. The van der Waals surface area contributed by atoms with Crippen molar-refractivity contribution in [1.82, 2.24) is 4.90 Å². The monoisotopic (exact) mass is 347 g/mol. The van der Waals surface area contributed by atoms with E-state index in [1.165, 1.54) is 12.1 Å². The SMILES string of the molecule is C=CCOC[C@H](O)CN(Cc1ccccc1)Cc1ccc(F)cc1F. The van der Waals surface area contributed by atoms with E-state index in [-0.39, 0.29) is 13.2 Å². The van der Waals surface area contributed by atoms with E-state index in [0.717, 1.165) is 11.6 Å². The summed E-state index contributed by atoms with van der Waals surface area (Å²) in [5.74, 6) is -1.19. The van der Waals surface area contributed by atoms with Gasteiger partial charge in [-0.25, -0.2) is 8.78 Å². The maximum Gasteiger partial charge on any atom is 0.130 e. The molecule has 2 aromatic carbocycles. The fourth-order valence-corrected chi connectivity index (χ4v) is 2.56. The lowest BCUT2D eigenvalue weighted by Crippen LogP contribution is -2.34. The second-order valence-corrected chi connectivity index (χ2v) is 5.87. The predicted octanol–water partition coefficient (Wildman–Crippen LogP) is 3.53. The van der Waals surface area contributed by atoms with E-state index in [9.17, 15) is 13.9 Å². The number of nitrogens with zero attached hydrogens (tertiary/aromatic N) is 1. The summed E-state index contributed by atoms with van der Waals surface area (Å²) in [5.41, 5.74) is 1.43. The van der Waals surface area contributed by atoms with Gasteiger partial charge in [0.25, 0.3) is 0 Å². The molecule has 2 aromatic rings. The molecular formula is C20H23F2NO2. The Morgan fingerprint density at radius 1 is 1.12 bits per heavy atom. The third-order valence-electron chi connectivity index (χ3n) is 3.67. The zero-order chi connectivity index (χ0) is 18.1. The van der Waals surface area contributed by atoms with Crippen molar-refractivity contribution in [3.05, 3.63) is 83.9 Å². The van der Waals surface area contributed by atoms with Crippen molar-refractivity contribution in [3.63, 3.8) is 0 Å². The van der Waals surface area contributed by atoms with Gasteiger partial charge < -0.3 is 9.84 Å². The molecule has 0 bridgehead atoms. The minimum Gasteiger partial charge on any atom is -0.389 e. The number of hydrogen-bond donors (Lipinski definition) is 1. The molecule has 0 aliphatic rings. The van der Waals surface area contributed by atoms with Gasteiger partial charge in [-0.1, -0.05) is 42.5 Å². The molecule has 0 aromatic heterocycles. The quantitative estimate of drug-likeness (QED) is 0.527. The Morgan fingerprint density at radius 2 is 1.88 bits per heavy atom. The molecular weight excluding hydrogens is 324 g/mol. The van der Waals surface area contributed by atoms with Gasteiger partial charge in [0.15, 0.2) is 0 Å². The van der Waals surface area contributed by atoms with E-state index in [4.69, 9.17) is 4.74 Å². The van der Waals surface area contributed by atoms with E-state index in [1.807, 2.05) is 35.2 Å². The summed E-state index contributed by atoms with van der Waals surface area (Å²) in [4.78, 5) is 1.91. The average molecular weight is 347 g/mol. The van der Waals surface area contributed by atoms with Gasteiger partial charge in [0.1, 0.15) is 11.6 Å². The van der Waals surface area contributed by atoms with Gasteiger partial charge >= 0.3 is 0 Å². The summed E-state index contributed by atoms with van der Waals surface area (Å²) >= 11 is 0. The van der Waals surface area contributed by atoms with Crippen LogP contribution in [0.25, 0.3) is 0 Å². The maximum atomic E-state index is 14.0. The fourth-order valence-electron chi connectivity index (χ4n) is 2.56. The van der Waals surface area contributed by atoms with Crippen LogP contribution in [0.2, 0.25) is 0 Å². The van der Waals surface area contributed by atoms with Gasteiger partial charge in [-0.2, -0.15) is 0 Å². The third-order valence-corrected chi connectivity index (χ3v) is 3.67. The number of aliphatic hydroxyl groups excluding tert-OH is 1. The van der Waals surface area contributed by atoms with E-state index in [2.05, 4.69) is 6.58 Å². The predicted molar refractivity (Wildman–Crippen MR) is 93.9 cm³/mol. The molecule has 1 atom stereocenters. The first-order chi connectivity index (χ1) is 12.1. The molecule has 0 aliphatic carbocycles. The van der Waals surface area contributed by atoms with E-state index in [0.29, 0.717) is 25.3 Å². The smallest absolute Gasteiger partial charge is 0.130 e. The molecule has 0 fully saturated rings. The van der Waals surface area contributed by atoms with Gasteiger partial charge in [-0.3, -0.25) is 4.90 Å². The van der Waals surface area contributed by atoms with Crippen molar-refractivity contribution in [2.75, 3.05) is 19.8 Å². The van der Waals surface area contributed by atoms with Crippen LogP contribution in [-0.2, 0) is 17.8 Å². The van der Waals surface area contributed by atoms with E-state index < -0.39 is 17.7 Å². The number of aliphatic hydroxyl groups is 1. The van der Waals surface area contributed by atoms with Gasteiger partial charge in [-0.15, -0.1) is 6.58 Å². The largest absolute Gasteiger partial charge is 0.389 e. The number of ether oxygens (including phenoxy) is 1. The molecule has 2 rings (SSSR count). The first-order valence-electron chi connectivity index (χ1n) is 8.15. The second-order valence-electron chi connectivity index (χ2n) is 5.87. The lowest BCUT2D eigenvalue weighted by molar-refractivity contribution is 0.0226. The van der Waals surface area contributed by atoms with Crippen molar-refractivity contribution in [2.45, 2.75) is 19.2 Å². The van der Waals surface area contributed by atoms with Crippen LogP contribution in [0, 0.1) is 11.6 Å². The van der Waals surface area contributed by atoms with Crippen LogP contribution < -0.4 is 0 Å². The first-order valence-corrected chi connectivity index (χ1v) is 8.15. The second kappa shape index (κ2) is 10.0. The van der Waals surface area contributed by atoms with Crippen LogP contribution in [-0.4, -0.2) is 35.9 Å². The van der Waals surface area contributed by atoms with Gasteiger partial charge in [0, 0.05) is 31.3 Å². The lowest BCUT2D eigenvalue weighted by Gasteiger charge is -2.25. The molecule has 0 heterocycles. The number of rotatable bonds is 10. The highest BCUT2D eigenvalue weighted by atomic mass is 19.1. The standard InChI is InChI=1S/C20H23F2NO2/c1-2-10-25-15-19(24)14-23(12-16-6-4-3-5-7-16)13-17-8-9-18(21)11-20(17)22/h2-9,11,19,24H,1,10,12-15H2/t19-/m1/s1. The van der Waals surface area contributed by atoms with E-state index in [1.54, 1.807) is 6.08 Å². The fraction of sp³-hybridized carbons (Fsp3) is 0.300. The Labute approximate surface area is 147 Å². The third kappa shape index (κ3) is 6.74. The molecule has 3 nitrogen and oxygen atoms in total. The van der Waals surface area contributed by atoms with Crippen LogP contribution in [0.4, 0.5) is 8.78 Å². The zero-order valence-electron chi connectivity index (χ0n) is 14.1. The van der Waals surface area contributed by atoms with Crippen LogP contribution >= 0.6 is 0 Å². The highest BCUT2D eigenvalue weighted by Crippen LogP contribution is 2.15. The molecule has 0 radical (unpaired) electrons. The van der Waals surface area contributed by atoms with Crippen molar-refractivity contribution in [3.8, 4) is 0 Å². The van der Waals surface area contributed by atoms with Gasteiger partial charge in [-0.05, 0) is 11.6 Å². The summed E-state index contributed by atoms with van der Waals surface area (Å²) in [6.07, 6.45) is 0.898. The molecule has 0 amide bonds. The number of hydrogen-bond acceptors (Lipinski definition) is 3. The zero-order valence-corrected chi connectivity index (χ0v) is 14.1. The van der Waals surface area contributed by atoms with Crippen molar-refractivity contribution in [2.24, 2.45) is 0 Å². The molecule has 25 heavy (non-hydrogen) atoms. The van der Waals surface area contributed by atoms with Crippen molar-refractivity contribution < 1.29 is 18.6 Å². The van der Waals surface area contributed by atoms with Crippen molar-refractivity contribution >= 4 is 0 Å². The van der Waals surface area contributed by atoms with Gasteiger partial charge in [0.05, 0.1) is 19.3 Å². The highest BCUT2D eigenvalue weighted by molar-refractivity contribution is 5.19. The Morgan fingerprint density at radius 3 is 2.56 bits per heavy atom. The number of halogens is 2. The van der Waals surface area contributed by atoms with E-state index >= 15 is 0 Å². The van der Waals surface area contributed by atoms with Crippen molar-refractivity contribution in [1.29, 1.82) is 0 Å². The minimum absolute atomic E-state index is 0.170. The van der Waals surface area contributed by atoms with Crippen LogP contribution in [0.3, 0.4) is 0 Å². The molecule has 1 N–H and O–H groups in total. The lowest BCUT2D eigenvalue weighted by atomic mass is 10.1. The topological polar surface area (TPSA) is 32.7 Å². The normalized spacial score (nSPS) is 12.3. The summed E-state index contributed by atoms with van der Waals surface area (Å²) in [5, 5.41) is 10.2. The highest BCUT2D eigenvalue weighted by Gasteiger charge is 2.15. The molecule has 0 saturated heterocycles. The maximum absolute atomic E-state index is 14.0. The minimum atomic E-state index is -0.716.